The van der Waals surface area contributed by atoms with Crippen molar-refractivity contribution in [3.8, 4) is 57.5 Å². The molecule has 4 aromatic heterocycles. The maximum Gasteiger partial charge on any atom is 0.125 e. The molecule has 0 radical (unpaired) electrons. The van der Waals surface area contributed by atoms with Crippen LogP contribution in [-0.2, 0) is 58.3 Å². The number of benzene rings is 7. The zero-order chi connectivity index (χ0) is 80.6. The van der Waals surface area contributed by atoms with Crippen molar-refractivity contribution in [2.24, 2.45) is 5.73 Å². The highest BCUT2D eigenvalue weighted by atomic mass is 16.5. The molecule has 4 heterocycles. The number of rotatable bonds is 29. The first-order valence-electron chi connectivity index (χ1n) is 38.2. The van der Waals surface area contributed by atoms with Crippen LogP contribution >= 0.6 is 0 Å². The fourth-order valence-electron chi connectivity index (χ4n) is 15.6. The summed E-state index contributed by atoms with van der Waals surface area (Å²) >= 11 is 0. The zero-order valence-corrected chi connectivity index (χ0v) is 70.9. The van der Waals surface area contributed by atoms with Gasteiger partial charge in [-0.05, 0) is 289 Å². The van der Waals surface area contributed by atoms with Gasteiger partial charge in [0, 0.05) is 66.4 Å². The first-order valence-corrected chi connectivity index (χ1v) is 38.2. The van der Waals surface area contributed by atoms with Crippen molar-refractivity contribution in [3.63, 3.8) is 0 Å². The average Bonchev–Trinajstić information content (AvgIpc) is 1.24. The number of methoxy groups -OCH3 is 10. The first-order chi connectivity index (χ1) is 52.8. The quantitative estimate of drug-likeness (QED) is 0.0463. The van der Waals surface area contributed by atoms with E-state index in [4.69, 9.17) is 53.1 Å². The highest BCUT2D eigenvalue weighted by Crippen LogP contribution is 2.43. The number of aromatic nitrogens is 9. The molecule has 0 unspecified atom stereocenters. The molecule has 2 N–H and O–H groups in total. The van der Waals surface area contributed by atoms with E-state index in [1.807, 2.05) is 47.8 Å². The smallest absolute Gasteiger partial charge is 0.125 e. The summed E-state index contributed by atoms with van der Waals surface area (Å²) in [7, 11) is 17.4. The fourth-order valence-corrected chi connectivity index (χ4v) is 15.6. The van der Waals surface area contributed by atoms with Gasteiger partial charge in [-0.1, -0.05) is 24.3 Å². The van der Waals surface area contributed by atoms with Crippen LogP contribution < -0.4 is 53.1 Å². The number of hydrogen-bond donors (Lipinski definition) is 1. The molecule has 20 nitrogen and oxygen atoms in total. The molecule has 0 saturated carbocycles. The minimum absolute atomic E-state index is 0.692. The summed E-state index contributed by atoms with van der Waals surface area (Å²) in [6.07, 6.45) is 20.8. The van der Waals surface area contributed by atoms with Gasteiger partial charge in [-0.3, -0.25) is 0 Å². The second kappa shape index (κ2) is 41.5. The number of nitrogens with zero attached hydrogens (tertiary/aromatic N) is 9. The van der Waals surface area contributed by atoms with Crippen LogP contribution in [0.4, 0.5) is 0 Å². The van der Waals surface area contributed by atoms with E-state index in [9.17, 15) is 0 Å². The number of nitrogens with two attached hydrogens (primary N) is 1. The topological polar surface area (TPSA) is 202 Å². The fraction of sp³-hybridized carbons (Fsp3) is 0.456. The van der Waals surface area contributed by atoms with Crippen LogP contribution in [0.2, 0.25) is 0 Å². The second-order valence-corrected chi connectivity index (χ2v) is 28.1. The maximum absolute atomic E-state index is 5.74. The van der Waals surface area contributed by atoms with E-state index in [2.05, 4.69) is 180 Å². The average molecular weight is 1510 g/mol. The molecule has 11 aromatic rings. The van der Waals surface area contributed by atoms with Gasteiger partial charge in [0.2, 0.25) is 0 Å². The molecule has 0 fully saturated rings. The van der Waals surface area contributed by atoms with Crippen LogP contribution in [0, 0.1) is 111 Å². The number of imidazole rings is 3. The Bertz CT molecular complexity index is 4710. The molecule has 0 saturated heterocycles. The van der Waals surface area contributed by atoms with E-state index in [-0.39, 0.29) is 0 Å². The number of fused-ring (bicyclic) bond motifs is 2. The molecule has 0 aliphatic carbocycles. The van der Waals surface area contributed by atoms with Gasteiger partial charge in [-0.25, -0.2) is 15.0 Å². The highest BCUT2D eigenvalue weighted by molar-refractivity contribution is 5.76. The molecule has 0 aliphatic rings. The van der Waals surface area contributed by atoms with Crippen molar-refractivity contribution in [3.05, 3.63) is 203 Å². The molecule has 0 aliphatic heterocycles. The third-order valence-corrected chi connectivity index (χ3v) is 21.9. The van der Waals surface area contributed by atoms with Gasteiger partial charge in [-0.15, -0.1) is 10.2 Å². The van der Waals surface area contributed by atoms with Crippen LogP contribution in [-0.4, -0.2) is 121 Å². The SMILES string of the molecule is COc1c(C)c(C)c(OC)c(CCCN)c1C.COc1c(C)c(C)c(OC)c(CCCn2c(C)nc3ccccc32)c1C.COc1c(C)c(C)c(OC)c(CCCn2ccnc2)c1C.COc1c(C)c(C)c(OC)c(CCCn2cnc3ccccc32)c1C.COc1c(C)c(C)c(OC)c(CCCn2cnnc2)c1C. The number of aryl methyl sites for hydroxylation is 5. The lowest BCUT2D eigenvalue weighted by Gasteiger charge is -2.20. The normalized spacial score (nSPS) is 10.9. The van der Waals surface area contributed by atoms with Crippen LogP contribution in [0.15, 0.2) is 86.2 Å². The Morgan fingerprint density at radius 2 is 0.618 bits per heavy atom. The predicted octanol–water partition coefficient (Wildman–Crippen LogP) is 18.4. The van der Waals surface area contributed by atoms with Crippen molar-refractivity contribution < 1.29 is 47.4 Å². The molecule has 110 heavy (non-hydrogen) atoms. The van der Waals surface area contributed by atoms with Gasteiger partial charge < -0.3 is 71.4 Å². The lowest BCUT2D eigenvalue weighted by molar-refractivity contribution is 0.389. The summed E-state index contributed by atoms with van der Waals surface area (Å²) in [6.45, 7) is 37.9. The second-order valence-electron chi connectivity index (χ2n) is 28.1. The van der Waals surface area contributed by atoms with E-state index >= 15 is 0 Å². The molecule has 20 heteroatoms. The summed E-state index contributed by atoms with van der Waals surface area (Å²) in [5.74, 6) is 10.9. The Hall–Kier alpha value is -10.2. The minimum Gasteiger partial charge on any atom is -0.496 e. The number of para-hydroxylation sites is 4. The van der Waals surface area contributed by atoms with Crippen molar-refractivity contribution in [1.82, 2.24) is 43.4 Å². The molecular formula is C90H124N10O10. The van der Waals surface area contributed by atoms with E-state index in [1.54, 1.807) is 83.8 Å². The molecule has 594 valence electrons. The lowest BCUT2D eigenvalue weighted by atomic mass is 9.94. The van der Waals surface area contributed by atoms with E-state index in [0.29, 0.717) is 6.54 Å². The predicted molar refractivity (Wildman–Crippen MR) is 446 cm³/mol. The molecule has 0 amide bonds. The van der Waals surface area contributed by atoms with E-state index < -0.39 is 0 Å². The van der Waals surface area contributed by atoms with Crippen LogP contribution in [0.3, 0.4) is 0 Å². The van der Waals surface area contributed by atoms with Crippen molar-refractivity contribution in [1.29, 1.82) is 0 Å². The van der Waals surface area contributed by atoms with Gasteiger partial charge in [0.15, 0.2) is 0 Å². The van der Waals surface area contributed by atoms with Crippen LogP contribution in [0.1, 0.15) is 149 Å². The Kier molecular flexibility index (Phi) is 32.9. The van der Waals surface area contributed by atoms with E-state index in [1.165, 1.54) is 66.7 Å². The zero-order valence-electron chi connectivity index (χ0n) is 70.9. The van der Waals surface area contributed by atoms with E-state index in [0.717, 1.165) is 220 Å². The largest absolute Gasteiger partial charge is 0.496 e. The standard InChI is InChI=1S/C22H28N2O2.C21H26N2O2.C17H24N2O2.C16H23N3O2.C14H23NO2/c1-14-15(2)22(26-6)18(16(3)21(14)25-5)10-9-13-24-17(4)23-19-11-7-8-12-20(19)24;1-14-15(2)21(25-5)17(16(3)20(14)24-4)9-8-12-23-13-22-18-10-6-7-11-19(18)23;1-12-13(2)17(21-5)15(14(3)16(12)20-4)7-6-9-19-10-8-18-11-19;1-11-12(2)16(21-5)14(13(3)15(11)20-4)7-6-8-19-9-17-18-10-19;1-9-10(2)14(17-5)12(7-6-8-15)11(3)13(9)16-4/h7-8,11-12H,9-10,13H2,1-6H3;6-7,10-11,13H,8-9,12H2,1-5H3;8,10-11H,6-7,9H2,1-5H3;9-10H,6-8H2,1-5H3;6-8,15H2,1-5H3. The van der Waals surface area contributed by atoms with Crippen molar-refractivity contribution >= 4 is 22.1 Å². The molecular weight excluding hydrogens is 1380 g/mol. The summed E-state index contributed by atoms with van der Waals surface area (Å²) in [6, 6.07) is 16.6. The summed E-state index contributed by atoms with van der Waals surface area (Å²) < 4.78 is 64.8. The molecule has 0 spiro atoms. The first kappa shape index (κ1) is 87.0. The monoisotopic (exact) mass is 1500 g/mol. The van der Waals surface area contributed by atoms with Gasteiger partial charge in [0.25, 0.3) is 0 Å². The lowest BCUT2D eigenvalue weighted by Crippen LogP contribution is -2.06. The Morgan fingerprint density at radius 1 is 0.309 bits per heavy atom. The summed E-state index contributed by atoms with van der Waals surface area (Å²) in [5, 5.41) is 7.64. The summed E-state index contributed by atoms with van der Waals surface area (Å²) in [5.41, 5.74) is 33.7. The van der Waals surface area contributed by atoms with Crippen LogP contribution in [0.25, 0.3) is 22.1 Å². The van der Waals surface area contributed by atoms with Crippen molar-refractivity contribution in [2.45, 2.75) is 201 Å². The number of ether oxygens (including phenoxy) is 10. The number of hydrogen-bond acceptors (Lipinski definition) is 16. The maximum atomic E-state index is 5.74. The highest BCUT2D eigenvalue weighted by Gasteiger charge is 2.24. The van der Waals surface area contributed by atoms with Crippen molar-refractivity contribution in [2.75, 3.05) is 77.6 Å². The Labute approximate surface area is 654 Å². The Morgan fingerprint density at radius 3 is 0.964 bits per heavy atom. The van der Waals surface area contributed by atoms with Gasteiger partial charge in [0.05, 0.1) is 106 Å². The minimum atomic E-state index is 0.692. The summed E-state index contributed by atoms with van der Waals surface area (Å²) in [4.78, 5) is 13.2. The van der Waals surface area contributed by atoms with Gasteiger partial charge in [0.1, 0.15) is 76.0 Å². The molecule has 11 rings (SSSR count). The molecule has 0 atom stereocenters. The van der Waals surface area contributed by atoms with Gasteiger partial charge >= 0.3 is 0 Å². The third kappa shape index (κ3) is 19.9. The molecule has 0 bridgehead atoms. The third-order valence-electron chi connectivity index (χ3n) is 21.9. The molecule has 7 aromatic carbocycles. The van der Waals surface area contributed by atoms with Gasteiger partial charge in [-0.2, -0.15) is 0 Å². The Balaban J connectivity index is 0.000000193. The van der Waals surface area contributed by atoms with Crippen LogP contribution in [0.5, 0.6) is 57.5 Å².